The Labute approximate surface area is 101 Å². The van der Waals surface area contributed by atoms with Crippen molar-refractivity contribution in [2.45, 2.75) is 33.6 Å². The van der Waals surface area contributed by atoms with Crippen molar-refractivity contribution < 1.29 is 0 Å². The Morgan fingerprint density at radius 1 is 1.38 bits per heavy atom. The molecule has 2 rings (SSSR count). The molecule has 1 N–H and O–H groups in total. The number of aromatic nitrogens is 1. The van der Waals surface area contributed by atoms with Crippen LogP contribution in [0.5, 0.6) is 0 Å². The van der Waals surface area contributed by atoms with Crippen molar-refractivity contribution in [1.29, 1.82) is 0 Å². The molecular weight excluding hydrogens is 216 g/mol. The molecule has 86 valence electrons. The van der Waals surface area contributed by atoms with E-state index >= 15 is 0 Å². The lowest BCUT2D eigenvalue weighted by Crippen LogP contribution is -2.04. The fourth-order valence-corrected chi connectivity index (χ4v) is 2.84. The number of hydrogen-bond donors (Lipinski definition) is 1. The van der Waals surface area contributed by atoms with Gasteiger partial charge >= 0.3 is 0 Å². The second-order valence-electron chi connectivity index (χ2n) is 3.97. The first-order chi connectivity index (χ1) is 7.77. The largest absolute Gasteiger partial charge is 0.384 e. The van der Waals surface area contributed by atoms with Crippen LogP contribution in [-0.2, 0) is 6.42 Å². The second-order valence-corrected chi connectivity index (χ2v) is 4.89. The van der Waals surface area contributed by atoms with E-state index in [0.29, 0.717) is 0 Å². The van der Waals surface area contributed by atoms with Gasteiger partial charge in [0.25, 0.3) is 0 Å². The summed E-state index contributed by atoms with van der Waals surface area (Å²) in [5.41, 5.74) is 4.94. The summed E-state index contributed by atoms with van der Waals surface area (Å²) < 4.78 is 1.29. The molecule has 2 aromatic rings. The summed E-state index contributed by atoms with van der Waals surface area (Å²) in [5, 5.41) is 5.66. The minimum absolute atomic E-state index is 0.998. The molecule has 0 aliphatic carbocycles. The minimum Gasteiger partial charge on any atom is -0.384 e. The van der Waals surface area contributed by atoms with E-state index in [1.165, 1.54) is 21.6 Å². The molecular formula is C13H18N2S. The molecule has 2 nitrogen and oxygen atoms in total. The van der Waals surface area contributed by atoms with Gasteiger partial charge in [-0.05, 0) is 36.8 Å². The molecule has 0 unspecified atom stereocenters. The third-order valence-electron chi connectivity index (χ3n) is 2.82. The third-order valence-corrected chi connectivity index (χ3v) is 3.74. The first kappa shape index (κ1) is 11.4. The molecule has 0 radical (unpaired) electrons. The van der Waals surface area contributed by atoms with Crippen molar-refractivity contribution in [3.8, 4) is 0 Å². The van der Waals surface area contributed by atoms with E-state index in [4.69, 9.17) is 4.98 Å². The SMILES string of the molecule is CCCNc1c(C)c(CC)nc2ccsc12. The van der Waals surface area contributed by atoms with Crippen LogP contribution in [0.4, 0.5) is 5.69 Å². The predicted octanol–water partition coefficient (Wildman–Crippen LogP) is 3.99. The number of hydrogen-bond acceptors (Lipinski definition) is 3. The summed E-state index contributed by atoms with van der Waals surface area (Å²) in [5.74, 6) is 0. The highest BCUT2D eigenvalue weighted by Gasteiger charge is 2.10. The van der Waals surface area contributed by atoms with Gasteiger partial charge in [0, 0.05) is 12.2 Å². The highest BCUT2D eigenvalue weighted by Crippen LogP contribution is 2.32. The van der Waals surface area contributed by atoms with Crippen molar-refractivity contribution in [2.75, 3.05) is 11.9 Å². The second kappa shape index (κ2) is 4.83. The quantitative estimate of drug-likeness (QED) is 0.865. The van der Waals surface area contributed by atoms with Crippen LogP contribution in [0, 0.1) is 6.92 Å². The maximum Gasteiger partial charge on any atom is 0.0834 e. The van der Waals surface area contributed by atoms with Crippen molar-refractivity contribution >= 4 is 27.2 Å². The van der Waals surface area contributed by atoms with Gasteiger partial charge in [-0.3, -0.25) is 4.98 Å². The third kappa shape index (κ3) is 1.92. The van der Waals surface area contributed by atoms with Crippen LogP contribution in [0.3, 0.4) is 0 Å². The zero-order valence-corrected chi connectivity index (χ0v) is 10.9. The molecule has 0 amide bonds. The van der Waals surface area contributed by atoms with E-state index < -0.39 is 0 Å². The lowest BCUT2D eigenvalue weighted by atomic mass is 10.1. The van der Waals surface area contributed by atoms with Gasteiger partial charge in [0.05, 0.1) is 15.9 Å². The van der Waals surface area contributed by atoms with Crippen molar-refractivity contribution in [2.24, 2.45) is 0 Å². The maximum absolute atomic E-state index is 4.69. The number of pyridine rings is 1. The fourth-order valence-electron chi connectivity index (χ4n) is 1.93. The van der Waals surface area contributed by atoms with Gasteiger partial charge < -0.3 is 5.32 Å². The van der Waals surface area contributed by atoms with Gasteiger partial charge in [-0.25, -0.2) is 0 Å². The van der Waals surface area contributed by atoms with E-state index in [0.717, 1.165) is 24.9 Å². The summed E-state index contributed by atoms with van der Waals surface area (Å²) in [7, 11) is 0. The van der Waals surface area contributed by atoms with Crippen LogP contribution < -0.4 is 5.32 Å². The first-order valence-corrected chi connectivity index (χ1v) is 6.76. The number of nitrogens with one attached hydrogen (secondary N) is 1. The molecule has 3 heteroatoms. The lowest BCUT2D eigenvalue weighted by molar-refractivity contribution is 0.971. The van der Waals surface area contributed by atoms with Gasteiger partial charge in [-0.1, -0.05) is 13.8 Å². The predicted molar refractivity (Wildman–Crippen MR) is 72.5 cm³/mol. The van der Waals surface area contributed by atoms with Crippen LogP contribution in [0.1, 0.15) is 31.5 Å². The highest BCUT2D eigenvalue weighted by atomic mass is 32.1. The molecule has 0 saturated carbocycles. The van der Waals surface area contributed by atoms with Crippen molar-refractivity contribution in [3.63, 3.8) is 0 Å². The Morgan fingerprint density at radius 3 is 2.88 bits per heavy atom. The minimum atomic E-state index is 0.998. The van der Waals surface area contributed by atoms with Gasteiger partial charge in [-0.2, -0.15) is 0 Å². The smallest absolute Gasteiger partial charge is 0.0834 e. The molecule has 0 aromatic carbocycles. The standard InChI is InChI=1S/C13H18N2S/c1-4-7-14-12-9(3)10(5-2)15-11-6-8-16-13(11)12/h6,8H,4-5,7H2,1-3H3,(H,14,15). The van der Waals surface area contributed by atoms with E-state index in [2.05, 4.69) is 37.5 Å². The zero-order valence-electron chi connectivity index (χ0n) is 10.1. The van der Waals surface area contributed by atoms with Crippen molar-refractivity contribution in [3.05, 3.63) is 22.7 Å². The average Bonchev–Trinajstić information content (AvgIpc) is 2.75. The summed E-state index contributed by atoms with van der Waals surface area (Å²) in [4.78, 5) is 4.69. The Kier molecular flexibility index (Phi) is 3.44. The summed E-state index contributed by atoms with van der Waals surface area (Å²) in [6, 6.07) is 2.11. The Morgan fingerprint density at radius 2 is 2.19 bits per heavy atom. The Balaban J connectivity index is 2.56. The number of fused-ring (bicyclic) bond motifs is 1. The molecule has 0 fully saturated rings. The summed E-state index contributed by atoms with van der Waals surface area (Å²) >= 11 is 1.77. The molecule has 0 spiro atoms. The molecule has 2 heterocycles. The highest BCUT2D eigenvalue weighted by molar-refractivity contribution is 7.17. The van der Waals surface area contributed by atoms with Crippen LogP contribution in [-0.4, -0.2) is 11.5 Å². The molecule has 0 saturated heterocycles. The number of nitrogens with zero attached hydrogens (tertiary/aromatic N) is 1. The van der Waals surface area contributed by atoms with Crippen LogP contribution >= 0.6 is 11.3 Å². The summed E-state index contributed by atoms with van der Waals surface area (Å²) in [6.07, 6.45) is 2.15. The monoisotopic (exact) mass is 234 g/mol. The number of aryl methyl sites for hydroxylation is 1. The first-order valence-electron chi connectivity index (χ1n) is 5.88. The number of rotatable bonds is 4. The molecule has 0 aliphatic rings. The molecule has 0 aliphatic heterocycles. The van der Waals surface area contributed by atoms with E-state index in [1.54, 1.807) is 11.3 Å². The normalized spacial score (nSPS) is 10.9. The average molecular weight is 234 g/mol. The van der Waals surface area contributed by atoms with Gasteiger partial charge in [0.15, 0.2) is 0 Å². The Hall–Kier alpha value is -1.09. The van der Waals surface area contributed by atoms with Crippen LogP contribution in [0.25, 0.3) is 10.2 Å². The van der Waals surface area contributed by atoms with E-state index in [9.17, 15) is 0 Å². The lowest BCUT2D eigenvalue weighted by Gasteiger charge is -2.12. The zero-order chi connectivity index (χ0) is 11.5. The summed E-state index contributed by atoms with van der Waals surface area (Å²) in [6.45, 7) is 7.55. The fraction of sp³-hybridized carbons (Fsp3) is 0.462. The number of anilines is 1. The maximum atomic E-state index is 4.69. The topological polar surface area (TPSA) is 24.9 Å². The molecule has 16 heavy (non-hydrogen) atoms. The van der Waals surface area contributed by atoms with Crippen molar-refractivity contribution in [1.82, 2.24) is 4.98 Å². The van der Waals surface area contributed by atoms with E-state index in [-0.39, 0.29) is 0 Å². The number of thiophene rings is 1. The Bertz CT molecular complexity index is 488. The van der Waals surface area contributed by atoms with Gasteiger partial charge in [0.1, 0.15) is 0 Å². The molecule has 0 atom stereocenters. The van der Waals surface area contributed by atoms with Crippen LogP contribution in [0.15, 0.2) is 11.4 Å². The van der Waals surface area contributed by atoms with Gasteiger partial charge in [0.2, 0.25) is 0 Å². The molecule has 0 bridgehead atoms. The van der Waals surface area contributed by atoms with Gasteiger partial charge in [-0.15, -0.1) is 11.3 Å². The molecule has 2 aromatic heterocycles. The van der Waals surface area contributed by atoms with Crippen LogP contribution in [0.2, 0.25) is 0 Å². The van der Waals surface area contributed by atoms with E-state index in [1.807, 2.05) is 0 Å².